The van der Waals surface area contributed by atoms with E-state index < -0.39 is 5.97 Å². The molecule has 2 heterocycles. The molecule has 0 aliphatic carbocycles. The van der Waals surface area contributed by atoms with Crippen molar-refractivity contribution in [1.29, 1.82) is 0 Å². The number of rotatable bonds is 2. The summed E-state index contributed by atoms with van der Waals surface area (Å²) in [5.74, 6) is -0.501. The minimum absolute atomic E-state index is 0.147. The van der Waals surface area contributed by atoms with E-state index in [1.54, 1.807) is 30.6 Å². The summed E-state index contributed by atoms with van der Waals surface area (Å²) < 4.78 is 4.74. The van der Waals surface area contributed by atoms with Crippen molar-refractivity contribution in [3.05, 3.63) is 47.0 Å². The number of carbonyl (C=O) groups is 1. The monoisotopic (exact) mass is 262 g/mol. The molecule has 0 fully saturated rings. The first-order valence-electron chi connectivity index (χ1n) is 5.29. The highest BCUT2D eigenvalue weighted by Crippen LogP contribution is 2.29. The highest BCUT2D eigenvalue weighted by Gasteiger charge is 2.19. The van der Waals surface area contributed by atoms with Gasteiger partial charge in [-0.15, -0.1) is 0 Å². The van der Waals surface area contributed by atoms with Crippen LogP contribution in [0, 0.1) is 6.92 Å². The predicted molar refractivity (Wildman–Crippen MR) is 68.6 cm³/mol. The number of esters is 1. The Morgan fingerprint density at radius 1 is 1.33 bits per heavy atom. The van der Waals surface area contributed by atoms with E-state index in [0.717, 1.165) is 11.3 Å². The number of aromatic nitrogens is 2. The summed E-state index contributed by atoms with van der Waals surface area (Å²) in [7, 11) is 1.31. The highest BCUT2D eigenvalue weighted by molar-refractivity contribution is 6.33. The van der Waals surface area contributed by atoms with Crippen molar-refractivity contribution in [2.75, 3.05) is 7.11 Å². The molecular weight excluding hydrogens is 252 g/mol. The molecule has 0 aliphatic rings. The normalized spacial score (nSPS) is 10.2. The molecule has 0 saturated carbocycles. The minimum Gasteiger partial charge on any atom is -0.465 e. The van der Waals surface area contributed by atoms with E-state index in [1.807, 2.05) is 6.92 Å². The zero-order chi connectivity index (χ0) is 13.1. The lowest BCUT2D eigenvalue weighted by Gasteiger charge is -2.10. The number of methoxy groups -OCH3 is 1. The number of nitrogens with zero attached hydrogens (tertiary/aromatic N) is 2. The Hall–Kier alpha value is -1.94. The number of aryl methyl sites for hydroxylation is 1. The summed E-state index contributed by atoms with van der Waals surface area (Å²) in [4.78, 5) is 19.8. The molecule has 0 N–H and O–H groups in total. The van der Waals surface area contributed by atoms with Crippen LogP contribution in [0.5, 0.6) is 0 Å². The zero-order valence-corrected chi connectivity index (χ0v) is 10.7. The molecule has 0 aromatic carbocycles. The molecule has 0 spiro atoms. The third-order valence-corrected chi connectivity index (χ3v) is 2.76. The largest absolute Gasteiger partial charge is 0.465 e. The van der Waals surface area contributed by atoms with E-state index in [0.29, 0.717) is 5.56 Å². The first-order valence-corrected chi connectivity index (χ1v) is 5.67. The molecule has 0 saturated heterocycles. The molecule has 2 aromatic rings. The maximum Gasteiger partial charge on any atom is 0.341 e. The van der Waals surface area contributed by atoms with Crippen molar-refractivity contribution in [2.45, 2.75) is 6.92 Å². The first-order chi connectivity index (χ1) is 8.63. The summed E-state index contributed by atoms with van der Waals surface area (Å²) in [6, 6.07) is 5.41. The van der Waals surface area contributed by atoms with E-state index in [2.05, 4.69) is 9.97 Å². The van der Waals surface area contributed by atoms with Crippen molar-refractivity contribution in [2.24, 2.45) is 0 Å². The van der Waals surface area contributed by atoms with Crippen molar-refractivity contribution in [3.8, 4) is 11.1 Å². The van der Waals surface area contributed by atoms with Crippen LogP contribution >= 0.6 is 11.6 Å². The van der Waals surface area contributed by atoms with Gasteiger partial charge in [0, 0.05) is 23.7 Å². The van der Waals surface area contributed by atoms with Crippen molar-refractivity contribution in [3.63, 3.8) is 0 Å². The smallest absolute Gasteiger partial charge is 0.341 e. The summed E-state index contributed by atoms with van der Waals surface area (Å²) in [5, 5.41) is 0.147. The van der Waals surface area contributed by atoms with Gasteiger partial charge in [-0.25, -0.2) is 9.78 Å². The molecule has 2 rings (SSSR count). The standard InChI is InChI=1S/C13H11ClN2O2/c1-8-7-10(9-3-5-15-6-4-9)11(12(14)16-8)13(17)18-2/h3-7H,1-2H3. The van der Waals surface area contributed by atoms with Gasteiger partial charge in [0.25, 0.3) is 0 Å². The fourth-order valence-corrected chi connectivity index (χ4v) is 2.00. The number of ether oxygens (including phenoxy) is 1. The Kier molecular flexibility index (Phi) is 3.58. The molecule has 0 atom stereocenters. The summed E-state index contributed by atoms with van der Waals surface area (Å²) in [6.07, 6.45) is 3.31. The predicted octanol–water partition coefficient (Wildman–Crippen LogP) is 2.89. The SMILES string of the molecule is COC(=O)c1c(-c2ccncc2)cc(C)nc1Cl. The van der Waals surface area contributed by atoms with Crippen LogP contribution in [0.4, 0.5) is 0 Å². The molecule has 5 heteroatoms. The summed E-state index contributed by atoms with van der Waals surface area (Å²) in [6.45, 7) is 1.82. The zero-order valence-electron chi connectivity index (χ0n) is 9.98. The van der Waals surface area contributed by atoms with E-state index in [4.69, 9.17) is 16.3 Å². The third-order valence-electron chi connectivity index (χ3n) is 2.48. The summed E-state index contributed by atoms with van der Waals surface area (Å²) in [5.41, 5.74) is 2.55. The minimum atomic E-state index is -0.501. The van der Waals surface area contributed by atoms with Crippen molar-refractivity contribution in [1.82, 2.24) is 9.97 Å². The van der Waals surface area contributed by atoms with Gasteiger partial charge >= 0.3 is 5.97 Å². The van der Waals surface area contributed by atoms with Gasteiger partial charge in [-0.3, -0.25) is 4.98 Å². The molecule has 2 aromatic heterocycles. The van der Waals surface area contributed by atoms with Crippen LogP contribution in [-0.4, -0.2) is 23.0 Å². The van der Waals surface area contributed by atoms with Crippen molar-refractivity contribution < 1.29 is 9.53 Å². The van der Waals surface area contributed by atoms with Gasteiger partial charge in [0.1, 0.15) is 10.7 Å². The van der Waals surface area contributed by atoms with Gasteiger partial charge in [-0.1, -0.05) is 11.6 Å². The maximum absolute atomic E-state index is 11.8. The number of carbonyl (C=O) groups excluding carboxylic acids is 1. The lowest BCUT2D eigenvalue weighted by Crippen LogP contribution is -2.06. The second kappa shape index (κ2) is 5.14. The third kappa shape index (κ3) is 2.33. The fourth-order valence-electron chi connectivity index (χ4n) is 1.69. The molecule has 0 amide bonds. The van der Waals surface area contributed by atoms with Gasteiger partial charge in [0.2, 0.25) is 0 Å². The Labute approximate surface area is 110 Å². The average Bonchev–Trinajstić information content (AvgIpc) is 2.38. The Balaban J connectivity index is 2.69. The molecule has 0 bridgehead atoms. The van der Waals surface area contributed by atoms with Gasteiger partial charge in [0.15, 0.2) is 0 Å². The van der Waals surface area contributed by atoms with Crippen LogP contribution in [0.2, 0.25) is 5.15 Å². The molecule has 18 heavy (non-hydrogen) atoms. The van der Waals surface area contributed by atoms with Gasteiger partial charge in [0.05, 0.1) is 7.11 Å². The van der Waals surface area contributed by atoms with Gasteiger partial charge in [-0.05, 0) is 30.7 Å². The molecule has 0 aliphatic heterocycles. The van der Waals surface area contributed by atoms with Crippen LogP contribution < -0.4 is 0 Å². The Morgan fingerprint density at radius 2 is 2.00 bits per heavy atom. The summed E-state index contributed by atoms with van der Waals surface area (Å²) >= 11 is 6.03. The maximum atomic E-state index is 11.8. The van der Waals surface area contributed by atoms with E-state index in [9.17, 15) is 4.79 Å². The molecule has 4 nitrogen and oxygen atoms in total. The number of halogens is 1. The average molecular weight is 263 g/mol. The second-order valence-corrected chi connectivity index (χ2v) is 4.06. The van der Waals surface area contributed by atoms with Crippen LogP contribution in [-0.2, 0) is 4.74 Å². The van der Waals surface area contributed by atoms with Crippen LogP contribution in [0.15, 0.2) is 30.6 Å². The molecule has 0 radical (unpaired) electrons. The Bertz CT molecular complexity index is 585. The Morgan fingerprint density at radius 3 is 2.61 bits per heavy atom. The number of hydrogen-bond acceptors (Lipinski definition) is 4. The topological polar surface area (TPSA) is 52.1 Å². The van der Waals surface area contributed by atoms with Crippen molar-refractivity contribution >= 4 is 17.6 Å². The first kappa shape index (κ1) is 12.5. The second-order valence-electron chi connectivity index (χ2n) is 3.70. The van der Waals surface area contributed by atoms with Crippen LogP contribution in [0.3, 0.4) is 0 Å². The van der Waals surface area contributed by atoms with Crippen LogP contribution in [0.25, 0.3) is 11.1 Å². The molecular formula is C13H11ClN2O2. The van der Waals surface area contributed by atoms with E-state index >= 15 is 0 Å². The van der Waals surface area contributed by atoms with Crippen LogP contribution in [0.1, 0.15) is 16.1 Å². The number of hydrogen-bond donors (Lipinski definition) is 0. The number of pyridine rings is 2. The fraction of sp³-hybridized carbons (Fsp3) is 0.154. The van der Waals surface area contributed by atoms with Gasteiger partial charge < -0.3 is 4.74 Å². The molecule has 0 unspecified atom stereocenters. The lowest BCUT2D eigenvalue weighted by molar-refractivity contribution is 0.0601. The highest BCUT2D eigenvalue weighted by atomic mass is 35.5. The van der Waals surface area contributed by atoms with E-state index in [-0.39, 0.29) is 10.7 Å². The molecule has 92 valence electrons. The van der Waals surface area contributed by atoms with Gasteiger partial charge in [-0.2, -0.15) is 0 Å². The quantitative estimate of drug-likeness (QED) is 0.617. The van der Waals surface area contributed by atoms with E-state index in [1.165, 1.54) is 7.11 Å². The lowest BCUT2D eigenvalue weighted by atomic mass is 10.0.